The number of fused-ring (bicyclic) bond motifs is 1. The van der Waals surface area contributed by atoms with E-state index in [1.807, 2.05) is 42.1 Å². The molecule has 1 aromatic carbocycles. The molecule has 0 saturated heterocycles. The van der Waals surface area contributed by atoms with Crippen molar-refractivity contribution in [3.05, 3.63) is 46.7 Å². The lowest BCUT2D eigenvalue weighted by molar-refractivity contribution is 1.07. The zero-order valence-electron chi connectivity index (χ0n) is 8.48. The second-order valence-corrected chi connectivity index (χ2v) is 4.97. The van der Waals surface area contributed by atoms with E-state index in [0.29, 0.717) is 5.15 Å². The predicted molar refractivity (Wildman–Crippen MR) is 67.5 cm³/mol. The Kier molecular flexibility index (Phi) is 2.58. The molecule has 1 aliphatic heterocycles. The van der Waals surface area contributed by atoms with Crippen LogP contribution in [0.15, 0.2) is 30.3 Å². The minimum atomic E-state index is 0.605. The lowest BCUT2D eigenvalue weighted by Crippen LogP contribution is -1.97. The van der Waals surface area contributed by atoms with Gasteiger partial charge in [0.2, 0.25) is 0 Å². The van der Waals surface area contributed by atoms with Gasteiger partial charge < -0.3 is 0 Å². The van der Waals surface area contributed by atoms with Crippen molar-refractivity contribution in [3.63, 3.8) is 0 Å². The van der Waals surface area contributed by atoms with Gasteiger partial charge in [0.05, 0.1) is 5.69 Å². The normalized spacial score (nSPS) is 13.8. The Morgan fingerprint density at radius 1 is 1.06 bits per heavy atom. The highest BCUT2D eigenvalue weighted by Gasteiger charge is 2.18. The molecule has 2 nitrogen and oxygen atoms in total. The monoisotopic (exact) mass is 248 g/mol. The minimum absolute atomic E-state index is 0.605. The summed E-state index contributed by atoms with van der Waals surface area (Å²) >= 11 is 7.99. The summed E-state index contributed by atoms with van der Waals surface area (Å²) < 4.78 is 0. The summed E-state index contributed by atoms with van der Waals surface area (Å²) in [4.78, 5) is 8.92. The number of hydrogen-bond donors (Lipinski definition) is 0. The van der Waals surface area contributed by atoms with Gasteiger partial charge in [0.15, 0.2) is 5.82 Å². The first kappa shape index (κ1) is 10.1. The Morgan fingerprint density at radius 2 is 1.88 bits per heavy atom. The number of rotatable bonds is 1. The SMILES string of the molecule is Clc1nc(-c2ccccc2)nc2c1CSC2. The Labute approximate surface area is 103 Å². The molecule has 0 aliphatic carbocycles. The van der Waals surface area contributed by atoms with Crippen molar-refractivity contribution >= 4 is 23.4 Å². The van der Waals surface area contributed by atoms with Crippen molar-refractivity contribution in [3.8, 4) is 11.4 Å². The van der Waals surface area contributed by atoms with E-state index in [-0.39, 0.29) is 0 Å². The third kappa shape index (κ3) is 1.70. The molecule has 1 aliphatic rings. The maximum atomic E-state index is 6.16. The highest BCUT2D eigenvalue weighted by Crippen LogP contribution is 2.33. The summed E-state index contributed by atoms with van der Waals surface area (Å²) in [6.45, 7) is 0. The fraction of sp³-hybridized carbons (Fsp3) is 0.167. The summed E-state index contributed by atoms with van der Waals surface area (Å²) in [5.74, 6) is 2.60. The summed E-state index contributed by atoms with van der Waals surface area (Å²) in [5.41, 5.74) is 3.21. The Balaban J connectivity index is 2.13. The topological polar surface area (TPSA) is 25.8 Å². The molecule has 2 heterocycles. The molecule has 0 spiro atoms. The summed E-state index contributed by atoms with van der Waals surface area (Å²) in [7, 11) is 0. The van der Waals surface area contributed by atoms with Crippen LogP contribution in [0, 0.1) is 0 Å². The van der Waals surface area contributed by atoms with Crippen LogP contribution in [-0.2, 0) is 11.5 Å². The molecule has 0 bridgehead atoms. The van der Waals surface area contributed by atoms with Crippen molar-refractivity contribution in [2.45, 2.75) is 11.5 Å². The molecule has 4 heteroatoms. The molecule has 0 radical (unpaired) electrons. The van der Waals surface area contributed by atoms with Crippen molar-refractivity contribution in [2.75, 3.05) is 0 Å². The molecule has 0 fully saturated rings. The first-order chi connectivity index (χ1) is 7.84. The van der Waals surface area contributed by atoms with E-state index >= 15 is 0 Å². The zero-order valence-corrected chi connectivity index (χ0v) is 10.1. The first-order valence-corrected chi connectivity index (χ1v) is 6.56. The maximum absolute atomic E-state index is 6.16. The number of halogens is 1. The molecule has 0 unspecified atom stereocenters. The third-order valence-corrected chi connectivity index (χ3v) is 3.84. The lowest BCUT2D eigenvalue weighted by atomic mass is 10.2. The third-order valence-electron chi connectivity index (χ3n) is 2.56. The largest absolute Gasteiger partial charge is 0.232 e. The van der Waals surface area contributed by atoms with Gasteiger partial charge in [-0.1, -0.05) is 41.9 Å². The van der Waals surface area contributed by atoms with Gasteiger partial charge in [-0.05, 0) is 0 Å². The van der Waals surface area contributed by atoms with Crippen molar-refractivity contribution < 1.29 is 0 Å². The molecule has 0 atom stereocenters. The van der Waals surface area contributed by atoms with Gasteiger partial charge in [-0.2, -0.15) is 11.8 Å². The fourth-order valence-electron chi connectivity index (χ4n) is 1.73. The molecule has 0 saturated carbocycles. The molecular weight excluding hydrogens is 240 g/mol. The Hall–Kier alpha value is -1.06. The van der Waals surface area contributed by atoms with Crippen LogP contribution in [0.25, 0.3) is 11.4 Å². The number of benzene rings is 1. The zero-order chi connectivity index (χ0) is 11.0. The van der Waals surface area contributed by atoms with E-state index in [4.69, 9.17) is 11.6 Å². The van der Waals surface area contributed by atoms with Gasteiger partial charge in [0, 0.05) is 22.6 Å². The summed E-state index contributed by atoms with van der Waals surface area (Å²) in [6.07, 6.45) is 0. The molecule has 0 N–H and O–H groups in total. The van der Waals surface area contributed by atoms with Crippen LogP contribution in [0.1, 0.15) is 11.3 Å². The molecule has 80 valence electrons. The van der Waals surface area contributed by atoms with Crippen molar-refractivity contribution in [2.24, 2.45) is 0 Å². The fourth-order valence-corrected chi connectivity index (χ4v) is 3.10. The predicted octanol–water partition coefficient (Wildman–Crippen LogP) is 3.54. The first-order valence-electron chi connectivity index (χ1n) is 5.03. The smallest absolute Gasteiger partial charge is 0.161 e. The summed E-state index contributed by atoms with van der Waals surface area (Å²) in [6, 6.07) is 9.94. The van der Waals surface area contributed by atoms with Crippen LogP contribution in [0.4, 0.5) is 0 Å². The van der Waals surface area contributed by atoms with Crippen LogP contribution in [-0.4, -0.2) is 9.97 Å². The van der Waals surface area contributed by atoms with Crippen LogP contribution in [0.3, 0.4) is 0 Å². The summed E-state index contributed by atoms with van der Waals surface area (Å²) in [5, 5.41) is 0.605. The second kappa shape index (κ2) is 4.07. The average Bonchev–Trinajstić information content (AvgIpc) is 2.79. The number of thioether (sulfide) groups is 1. The van der Waals surface area contributed by atoms with E-state index in [2.05, 4.69) is 9.97 Å². The Morgan fingerprint density at radius 3 is 2.69 bits per heavy atom. The van der Waals surface area contributed by atoms with Gasteiger partial charge in [0.1, 0.15) is 5.15 Å². The van der Waals surface area contributed by atoms with Gasteiger partial charge in [-0.3, -0.25) is 0 Å². The van der Waals surface area contributed by atoms with E-state index < -0.39 is 0 Å². The molecule has 0 amide bonds. The van der Waals surface area contributed by atoms with Gasteiger partial charge >= 0.3 is 0 Å². The van der Waals surface area contributed by atoms with Crippen molar-refractivity contribution in [1.29, 1.82) is 0 Å². The number of aromatic nitrogens is 2. The molecule has 3 rings (SSSR count). The van der Waals surface area contributed by atoms with Crippen LogP contribution < -0.4 is 0 Å². The van der Waals surface area contributed by atoms with Gasteiger partial charge in [-0.15, -0.1) is 0 Å². The highest BCUT2D eigenvalue weighted by atomic mass is 35.5. The van der Waals surface area contributed by atoms with Crippen molar-refractivity contribution in [1.82, 2.24) is 9.97 Å². The van der Waals surface area contributed by atoms with E-state index in [0.717, 1.165) is 34.2 Å². The number of hydrogen-bond acceptors (Lipinski definition) is 3. The lowest BCUT2D eigenvalue weighted by Gasteiger charge is -2.04. The second-order valence-electron chi connectivity index (χ2n) is 3.62. The quantitative estimate of drug-likeness (QED) is 0.722. The number of nitrogens with zero attached hydrogens (tertiary/aromatic N) is 2. The molecular formula is C12H9ClN2S. The van der Waals surface area contributed by atoms with E-state index in [1.165, 1.54) is 0 Å². The molecule has 2 aromatic rings. The van der Waals surface area contributed by atoms with E-state index in [9.17, 15) is 0 Å². The van der Waals surface area contributed by atoms with E-state index in [1.54, 1.807) is 0 Å². The average molecular weight is 249 g/mol. The highest BCUT2D eigenvalue weighted by molar-refractivity contribution is 7.98. The van der Waals surface area contributed by atoms with Gasteiger partial charge in [-0.25, -0.2) is 9.97 Å². The van der Waals surface area contributed by atoms with Gasteiger partial charge in [0.25, 0.3) is 0 Å². The van der Waals surface area contributed by atoms with Crippen LogP contribution in [0.5, 0.6) is 0 Å². The maximum Gasteiger partial charge on any atom is 0.161 e. The molecule has 1 aromatic heterocycles. The molecule has 16 heavy (non-hydrogen) atoms. The minimum Gasteiger partial charge on any atom is -0.232 e. The Bertz CT molecular complexity index is 528. The van der Waals surface area contributed by atoms with Crippen LogP contribution >= 0.6 is 23.4 Å². The standard InChI is InChI=1S/C12H9ClN2S/c13-11-9-6-16-7-10(9)14-12(15-11)8-4-2-1-3-5-8/h1-5H,6-7H2. The van der Waals surface area contributed by atoms with Crippen LogP contribution in [0.2, 0.25) is 5.15 Å².